The normalized spacial score (nSPS) is 10.8. The minimum absolute atomic E-state index is 0.115. The number of nitrogens with one attached hydrogen (secondary N) is 1. The lowest BCUT2D eigenvalue weighted by atomic mass is 10.1. The average molecular weight is 374 g/mol. The number of rotatable bonds is 8. The Bertz CT molecular complexity index is 909. The fourth-order valence-corrected chi connectivity index (χ4v) is 3.21. The third kappa shape index (κ3) is 5.44. The zero-order valence-corrected chi connectivity index (χ0v) is 16.1. The van der Waals surface area contributed by atoms with Crippen molar-refractivity contribution in [1.82, 2.24) is 4.90 Å². The summed E-state index contributed by atoms with van der Waals surface area (Å²) in [6, 6.07) is 24.6. The van der Waals surface area contributed by atoms with Crippen LogP contribution in [0.2, 0.25) is 0 Å². The number of nitrogens with zero attached hydrogens (tertiary/aromatic N) is 1. The van der Waals surface area contributed by atoms with Crippen LogP contribution in [-0.2, 0) is 13.1 Å². The van der Waals surface area contributed by atoms with Crippen LogP contribution in [0.3, 0.4) is 0 Å². The smallest absolute Gasteiger partial charge is 0.255 e. The van der Waals surface area contributed by atoms with E-state index < -0.39 is 0 Å². The fourth-order valence-electron chi connectivity index (χ4n) is 3.21. The van der Waals surface area contributed by atoms with Crippen LogP contribution >= 0.6 is 0 Å². The van der Waals surface area contributed by atoms with Crippen molar-refractivity contribution in [3.63, 3.8) is 0 Å². The van der Waals surface area contributed by atoms with Gasteiger partial charge in [-0.15, -0.1) is 0 Å². The van der Waals surface area contributed by atoms with Crippen LogP contribution in [-0.4, -0.2) is 22.5 Å². The second-order valence-electron chi connectivity index (χ2n) is 6.86. The molecule has 3 aromatic rings. The number of carbonyl (C=O) groups excluding carboxylic acids is 1. The minimum Gasteiger partial charge on any atom is -0.508 e. The number of amides is 1. The van der Waals surface area contributed by atoms with Crippen molar-refractivity contribution in [2.24, 2.45) is 0 Å². The average Bonchev–Trinajstić information content (AvgIpc) is 2.71. The first-order valence-corrected chi connectivity index (χ1v) is 9.60. The molecule has 28 heavy (non-hydrogen) atoms. The topological polar surface area (TPSA) is 52.6 Å². The van der Waals surface area contributed by atoms with E-state index in [1.54, 1.807) is 6.07 Å². The van der Waals surface area contributed by atoms with Crippen molar-refractivity contribution >= 4 is 11.6 Å². The van der Waals surface area contributed by atoms with Crippen molar-refractivity contribution in [3.8, 4) is 5.75 Å². The van der Waals surface area contributed by atoms with Gasteiger partial charge in [0.15, 0.2) is 0 Å². The molecule has 4 heteroatoms. The van der Waals surface area contributed by atoms with Gasteiger partial charge in [-0.2, -0.15) is 0 Å². The van der Waals surface area contributed by atoms with Gasteiger partial charge in [0.2, 0.25) is 0 Å². The highest BCUT2D eigenvalue weighted by atomic mass is 16.3. The standard InChI is InChI=1S/C24H26N2O2/c1-2-15-26(18-21-10-6-7-14-23(21)27)17-19-9-8-11-20(16-19)24(28)25-22-12-4-3-5-13-22/h3-14,16,27H,2,15,17-18H2,1H3,(H,25,28). The zero-order chi connectivity index (χ0) is 19.8. The van der Waals surface area contributed by atoms with Crippen molar-refractivity contribution in [1.29, 1.82) is 0 Å². The van der Waals surface area contributed by atoms with E-state index in [0.29, 0.717) is 24.4 Å². The van der Waals surface area contributed by atoms with E-state index in [0.717, 1.165) is 29.8 Å². The van der Waals surface area contributed by atoms with E-state index in [2.05, 4.69) is 17.1 Å². The molecule has 0 heterocycles. The highest BCUT2D eigenvalue weighted by Gasteiger charge is 2.11. The first-order valence-electron chi connectivity index (χ1n) is 9.60. The Morgan fingerprint density at radius 1 is 0.929 bits per heavy atom. The van der Waals surface area contributed by atoms with Crippen molar-refractivity contribution in [3.05, 3.63) is 95.6 Å². The molecule has 0 spiro atoms. The number of phenolic OH excluding ortho intramolecular Hbond substituents is 1. The molecule has 0 unspecified atom stereocenters. The molecule has 0 aliphatic carbocycles. The van der Waals surface area contributed by atoms with E-state index in [4.69, 9.17) is 0 Å². The lowest BCUT2D eigenvalue weighted by Gasteiger charge is -2.22. The Morgan fingerprint density at radius 2 is 1.68 bits per heavy atom. The monoisotopic (exact) mass is 374 g/mol. The number of anilines is 1. The Labute approximate surface area is 166 Å². The summed E-state index contributed by atoms with van der Waals surface area (Å²) in [6.45, 7) is 4.44. The van der Waals surface area contributed by atoms with Gasteiger partial charge >= 0.3 is 0 Å². The molecule has 0 bridgehead atoms. The van der Waals surface area contributed by atoms with Crippen LogP contribution in [0.25, 0.3) is 0 Å². The van der Waals surface area contributed by atoms with Crippen LogP contribution in [0.4, 0.5) is 5.69 Å². The summed E-state index contributed by atoms with van der Waals surface area (Å²) in [5.41, 5.74) is 3.41. The Balaban J connectivity index is 1.71. The molecular weight excluding hydrogens is 348 g/mol. The fraction of sp³-hybridized carbons (Fsp3) is 0.208. The maximum absolute atomic E-state index is 12.6. The second-order valence-corrected chi connectivity index (χ2v) is 6.86. The molecule has 0 aliphatic rings. The predicted octanol–water partition coefficient (Wildman–Crippen LogP) is 5.06. The lowest BCUT2D eigenvalue weighted by Crippen LogP contribution is -2.24. The summed E-state index contributed by atoms with van der Waals surface area (Å²) in [6.07, 6.45) is 1.02. The molecule has 2 N–H and O–H groups in total. The summed E-state index contributed by atoms with van der Waals surface area (Å²) in [7, 11) is 0. The lowest BCUT2D eigenvalue weighted by molar-refractivity contribution is 0.102. The van der Waals surface area contributed by atoms with Gasteiger partial charge < -0.3 is 10.4 Å². The van der Waals surface area contributed by atoms with Crippen LogP contribution in [0.5, 0.6) is 5.75 Å². The molecule has 0 fully saturated rings. The van der Waals surface area contributed by atoms with Gasteiger partial charge in [0.25, 0.3) is 5.91 Å². The number of hydrogen-bond acceptors (Lipinski definition) is 3. The number of para-hydroxylation sites is 2. The highest BCUT2D eigenvalue weighted by molar-refractivity contribution is 6.04. The molecule has 4 nitrogen and oxygen atoms in total. The van der Waals surface area contributed by atoms with Crippen molar-refractivity contribution in [2.45, 2.75) is 26.4 Å². The molecule has 3 aromatic carbocycles. The van der Waals surface area contributed by atoms with E-state index >= 15 is 0 Å². The molecule has 0 saturated heterocycles. The first-order chi connectivity index (χ1) is 13.7. The van der Waals surface area contributed by atoms with Crippen LogP contribution in [0, 0.1) is 0 Å². The molecule has 0 atom stereocenters. The summed E-state index contributed by atoms with van der Waals surface area (Å²) >= 11 is 0. The highest BCUT2D eigenvalue weighted by Crippen LogP contribution is 2.20. The van der Waals surface area contributed by atoms with Gasteiger partial charge in [-0.05, 0) is 48.9 Å². The largest absolute Gasteiger partial charge is 0.508 e. The molecular formula is C24H26N2O2. The first kappa shape index (κ1) is 19.6. The molecule has 0 aliphatic heterocycles. The molecule has 144 valence electrons. The summed E-state index contributed by atoms with van der Waals surface area (Å²) in [5, 5.41) is 13.0. The number of benzene rings is 3. The maximum Gasteiger partial charge on any atom is 0.255 e. The van der Waals surface area contributed by atoms with Crippen LogP contribution < -0.4 is 5.32 Å². The Morgan fingerprint density at radius 3 is 2.43 bits per heavy atom. The van der Waals surface area contributed by atoms with Gasteiger partial charge in [-0.3, -0.25) is 9.69 Å². The second kappa shape index (κ2) is 9.72. The van der Waals surface area contributed by atoms with Gasteiger partial charge in [-0.25, -0.2) is 0 Å². The van der Waals surface area contributed by atoms with Crippen molar-refractivity contribution in [2.75, 3.05) is 11.9 Å². The number of phenols is 1. The molecule has 0 radical (unpaired) electrons. The van der Waals surface area contributed by atoms with Crippen molar-refractivity contribution < 1.29 is 9.90 Å². The van der Waals surface area contributed by atoms with Crippen LogP contribution in [0.15, 0.2) is 78.9 Å². The van der Waals surface area contributed by atoms with Gasteiger partial charge in [0.05, 0.1) is 0 Å². The number of carbonyl (C=O) groups is 1. The van der Waals surface area contributed by atoms with Gasteiger partial charge in [0, 0.05) is 29.9 Å². The Kier molecular flexibility index (Phi) is 6.82. The third-order valence-electron chi connectivity index (χ3n) is 4.55. The zero-order valence-electron chi connectivity index (χ0n) is 16.1. The number of aromatic hydroxyl groups is 1. The van der Waals surface area contributed by atoms with Crippen LogP contribution in [0.1, 0.15) is 34.8 Å². The quantitative estimate of drug-likeness (QED) is 0.580. The SMILES string of the molecule is CCCN(Cc1cccc(C(=O)Nc2ccccc2)c1)Cc1ccccc1O. The molecule has 1 amide bonds. The van der Waals surface area contributed by atoms with Gasteiger partial charge in [0.1, 0.15) is 5.75 Å². The maximum atomic E-state index is 12.6. The molecule has 0 aromatic heterocycles. The van der Waals surface area contributed by atoms with E-state index in [1.165, 1.54) is 0 Å². The van der Waals surface area contributed by atoms with E-state index in [9.17, 15) is 9.90 Å². The third-order valence-corrected chi connectivity index (χ3v) is 4.55. The summed E-state index contributed by atoms with van der Waals surface area (Å²) in [5.74, 6) is 0.204. The molecule has 0 saturated carbocycles. The van der Waals surface area contributed by atoms with E-state index in [-0.39, 0.29) is 5.91 Å². The molecule has 3 rings (SSSR count). The van der Waals surface area contributed by atoms with E-state index in [1.807, 2.05) is 72.8 Å². The number of hydrogen-bond donors (Lipinski definition) is 2. The predicted molar refractivity (Wildman–Crippen MR) is 113 cm³/mol. The minimum atomic E-state index is -0.115. The Hall–Kier alpha value is -3.11. The van der Waals surface area contributed by atoms with Gasteiger partial charge in [-0.1, -0.05) is 55.5 Å². The summed E-state index contributed by atoms with van der Waals surface area (Å²) in [4.78, 5) is 14.8. The summed E-state index contributed by atoms with van der Waals surface area (Å²) < 4.78 is 0.